The summed E-state index contributed by atoms with van der Waals surface area (Å²) in [6.07, 6.45) is 1.53. The largest absolute Gasteiger partial charge is 0.369 e. The Morgan fingerprint density at radius 3 is 2.67 bits per heavy atom. The molecule has 0 bridgehead atoms. The molecule has 0 aliphatic carbocycles. The molecule has 0 fully saturated rings. The number of anilines is 2. The van der Waals surface area contributed by atoms with Gasteiger partial charge < -0.3 is 9.84 Å². The average Bonchev–Trinajstić information content (AvgIpc) is 2.72. The molecule has 21 heavy (non-hydrogen) atoms. The number of hydrogen-bond acceptors (Lipinski definition) is 6. The average molecular weight is 375 g/mol. The molecule has 2 N–H and O–H groups in total. The first-order chi connectivity index (χ1) is 9.85. The minimum absolute atomic E-state index is 0.0344. The second-order valence-electron chi connectivity index (χ2n) is 4.36. The maximum Gasteiger partial charge on any atom is 0.267 e. The molecule has 0 aromatic carbocycles. The van der Waals surface area contributed by atoms with Crippen molar-refractivity contribution in [3.63, 3.8) is 0 Å². The van der Waals surface area contributed by atoms with Crippen molar-refractivity contribution >= 4 is 37.7 Å². The van der Waals surface area contributed by atoms with Crippen LogP contribution in [-0.2, 0) is 10.0 Å². The summed E-state index contributed by atoms with van der Waals surface area (Å²) < 4.78 is 33.0. The molecule has 7 nitrogen and oxygen atoms in total. The summed E-state index contributed by atoms with van der Waals surface area (Å²) in [4.78, 5) is 4.11. The van der Waals surface area contributed by atoms with Crippen LogP contribution in [0.15, 0.2) is 26.2 Å². The lowest BCUT2D eigenvalue weighted by Gasteiger charge is -2.11. The van der Waals surface area contributed by atoms with Crippen LogP contribution in [0.3, 0.4) is 0 Å². The smallest absolute Gasteiger partial charge is 0.267 e. The van der Waals surface area contributed by atoms with Gasteiger partial charge in [-0.05, 0) is 42.8 Å². The van der Waals surface area contributed by atoms with E-state index in [9.17, 15) is 8.42 Å². The van der Waals surface area contributed by atoms with Gasteiger partial charge in [0, 0.05) is 22.8 Å². The molecule has 0 aliphatic heterocycles. The van der Waals surface area contributed by atoms with Crippen LogP contribution < -0.4 is 10.0 Å². The van der Waals surface area contributed by atoms with Gasteiger partial charge in [0.15, 0.2) is 0 Å². The fourth-order valence-corrected chi connectivity index (χ4v) is 3.30. The molecule has 0 spiro atoms. The van der Waals surface area contributed by atoms with E-state index < -0.39 is 10.0 Å². The molecule has 0 atom stereocenters. The van der Waals surface area contributed by atoms with Gasteiger partial charge in [-0.3, -0.25) is 0 Å². The molecule has 2 heterocycles. The molecular formula is C12H15BrN4O3S. The number of pyridine rings is 1. The zero-order valence-corrected chi connectivity index (χ0v) is 14.2. The lowest BCUT2D eigenvalue weighted by Crippen LogP contribution is -2.16. The summed E-state index contributed by atoms with van der Waals surface area (Å²) in [5.74, 6) is 0.386. The van der Waals surface area contributed by atoms with E-state index in [0.29, 0.717) is 22.3 Å². The Morgan fingerprint density at radius 2 is 2.10 bits per heavy atom. The summed E-state index contributed by atoms with van der Waals surface area (Å²) in [6.45, 7) is 5.88. The molecule has 114 valence electrons. The van der Waals surface area contributed by atoms with Crippen molar-refractivity contribution < 1.29 is 12.9 Å². The number of aryl methyl sites for hydroxylation is 1. The summed E-state index contributed by atoms with van der Waals surface area (Å²) >= 11 is 3.23. The van der Waals surface area contributed by atoms with Gasteiger partial charge in [0.2, 0.25) is 5.88 Å². The second-order valence-corrected chi connectivity index (χ2v) is 6.92. The van der Waals surface area contributed by atoms with Crippen LogP contribution in [0.2, 0.25) is 0 Å². The van der Waals surface area contributed by atoms with Gasteiger partial charge in [-0.1, -0.05) is 5.16 Å². The summed E-state index contributed by atoms with van der Waals surface area (Å²) in [7, 11) is -3.84. The van der Waals surface area contributed by atoms with Crippen LogP contribution in [0.1, 0.15) is 18.2 Å². The Morgan fingerprint density at radius 1 is 1.38 bits per heavy atom. The van der Waals surface area contributed by atoms with E-state index in [-0.39, 0.29) is 16.6 Å². The van der Waals surface area contributed by atoms with Crippen molar-refractivity contribution in [2.45, 2.75) is 25.7 Å². The number of hydrogen-bond donors (Lipinski definition) is 2. The minimum atomic E-state index is -3.84. The van der Waals surface area contributed by atoms with Crippen LogP contribution in [0.4, 0.5) is 11.7 Å². The molecule has 2 aromatic rings. The Labute approximate surface area is 131 Å². The monoisotopic (exact) mass is 374 g/mol. The van der Waals surface area contributed by atoms with Crippen LogP contribution in [0.25, 0.3) is 0 Å². The van der Waals surface area contributed by atoms with Crippen LogP contribution in [0, 0.1) is 13.8 Å². The molecule has 0 radical (unpaired) electrons. The zero-order valence-electron chi connectivity index (χ0n) is 11.8. The zero-order chi connectivity index (χ0) is 15.6. The normalized spacial score (nSPS) is 11.4. The van der Waals surface area contributed by atoms with E-state index >= 15 is 0 Å². The number of nitrogens with zero attached hydrogens (tertiary/aromatic N) is 2. The molecule has 0 unspecified atom stereocenters. The molecule has 2 rings (SSSR count). The van der Waals surface area contributed by atoms with Crippen LogP contribution in [0.5, 0.6) is 0 Å². The molecule has 2 aromatic heterocycles. The van der Waals surface area contributed by atoms with Gasteiger partial charge in [-0.25, -0.2) is 18.1 Å². The van der Waals surface area contributed by atoms with Gasteiger partial charge in [-0.2, -0.15) is 0 Å². The highest BCUT2D eigenvalue weighted by atomic mass is 79.9. The SMILES string of the molecule is CCNc1ncc(Br)cc1S(=O)(=O)Nc1onc(C)c1C. The summed E-state index contributed by atoms with van der Waals surface area (Å²) in [5, 5.41) is 6.65. The van der Waals surface area contributed by atoms with Crippen molar-refractivity contribution in [2.75, 3.05) is 16.6 Å². The molecule has 0 saturated heterocycles. The number of aromatic nitrogens is 2. The lowest BCUT2D eigenvalue weighted by atomic mass is 10.3. The molecule has 0 amide bonds. The van der Waals surface area contributed by atoms with Crippen molar-refractivity contribution in [1.82, 2.24) is 10.1 Å². The van der Waals surface area contributed by atoms with Crippen molar-refractivity contribution in [3.8, 4) is 0 Å². The fourth-order valence-electron chi connectivity index (χ4n) is 1.61. The second kappa shape index (κ2) is 6.02. The van der Waals surface area contributed by atoms with Crippen molar-refractivity contribution in [2.24, 2.45) is 0 Å². The summed E-state index contributed by atoms with van der Waals surface area (Å²) in [5.41, 5.74) is 1.28. The predicted molar refractivity (Wildman–Crippen MR) is 82.9 cm³/mol. The fraction of sp³-hybridized carbons (Fsp3) is 0.333. The Hall–Kier alpha value is -1.61. The maximum absolute atomic E-state index is 12.5. The van der Waals surface area contributed by atoms with E-state index in [4.69, 9.17) is 4.52 Å². The van der Waals surface area contributed by atoms with Gasteiger partial charge in [-0.15, -0.1) is 0 Å². The van der Waals surface area contributed by atoms with E-state index in [2.05, 4.69) is 36.1 Å². The standard InChI is InChI=1S/C12H15BrN4O3S/c1-4-14-11-10(5-9(13)6-15-11)21(18,19)17-12-7(2)8(3)16-20-12/h5-6,17H,4H2,1-3H3,(H,14,15). The van der Waals surface area contributed by atoms with Crippen LogP contribution in [-0.4, -0.2) is 25.1 Å². The van der Waals surface area contributed by atoms with Gasteiger partial charge in [0.25, 0.3) is 10.0 Å². The van der Waals surface area contributed by atoms with E-state index in [1.54, 1.807) is 13.8 Å². The molecule has 9 heteroatoms. The number of halogens is 1. The van der Waals surface area contributed by atoms with E-state index in [1.165, 1.54) is 12.3 Å². The Balaban J connectivity index is 2.44. The first kappa shape index (κ1) is 15.8. The topological polar surface area (TPSA) is 97.1 Å². The van der Waals surface area contributed by atoms with Gasteiger partial charge in [0.05, 0.1) is 5.69 Å². The number of nitrogens with one attached hydrogen (secondary N) is 2. The summed E-state index contributed by atoms with van der Waals surface area (Å²) in [6, 6.07) is 1.48. The highest BCUT2D eigenvalue weighted by molar-refractivity contribution is 9.10. The number of rotatable bonds is 5. The van der Waals surface area contributed by atoms with E-state index in [1.807, 2.05) is 6.92 Å². The predicted octanol–water partition coefficient (Wildman–Crippen LogP) is 2.68. The van der Waals surface area contributed by atoms with E-state index in [0.717, 1.165) is 0 Å². The minimum Gasteiger partial charge on any atom is -0.369 e. The van der Waals surface area contributed by atoms with Gasteiger partial charge >= 0.3 is 0 Å². The maximum atomic E-state index is 12.5. The highest BCUT2D eigenvalue weighted by Gasteiger charge is 2.23. The third-order valence-corrected chi connectivity index (χ3v) is 4.62. The Kier molecular flexibility index (Phi) is 4.52. The first-order valence-electron chi connectivity index (χ1n) is 6.20. The first-order valence-corrected chi connectivity index (χ1v) is 8.48. The van der Waals surface area contributed by atoms with Crippen molar-refractivity contribution in [1.29, 1.82) is 0 Å². The van der Waals surface area contributed by atoms with Gasteiger partial charge in [0.1, 0.15) is 10.7 Å². The Bertz CT molecular complexity index is 758. The highest BCUT2D eigenvalue weighted by Crippen LogP contribution is 2.27. The van der Waals surface area contributed by atoms with Crippen molar-refractivity contribution in [3.05, 3.63) is 28.0 Å². The number of sulfonamides is 1. The van der Waals surface area contributed by atoms with Crippen LogP contribution >= 0.6 is 15.9 Å². The lowest BCUT2D eigenvalue weighted by molar-refractivity contribution is 0.430. The quantitative estimate of drug-likeness (QED) is 0.834. The third-order valence-electron chi connectivity index (χ3n) is 2.84. The molecular weight excluding hydrogens is 360 g/mol. The molecule has 0 aliphatic rings. The third kappa shape index (κ3) is 3.35. The molecule has 0 saturated carbocycles.